The van der Waals surface area contributed by atoms with Gasteiger partial charge in [-0.1, -0.05) is 0 Å². The van der Waals surface area contributed by atoms with Crippen molar-refractivity contribution < 1.29 is 19.2 Å². The molecule has 2 amide bonds. The van der Waals surface area contributed by atoms with Gasteiger partial charge in [0.25, 0.3) is 0 Å². The number of fused-ring (bicyclic) bond motifs is 2. The highest BCUT2D eigenvalue weighted by atomic mass is 32.2. The third kappa shape index (κ3) is 4.37. The molecule has 2 aliphatic rings. The average molecular weight is 466 g/mol. The molecule has 0 radical (unpaired) electrons. The Morgan fingerprint density at radius 2 is 1.81 bits per heavy atom. The Morgan fingerprint density at radius 1 is 1.19 bits per heavy atom. The highest BCUT2D eigenvalue weighted by Crippen LogP contribution is 2.37. The number of aliphatic hydroxyl groups is 2. The van der Waals surface area contributed by atoms with Crippen LogP contribution in [0, 0.1) is 0 Å². The Kier molecular flexibility index (Phi) is 5.90. The minimum atomic E-state index is -3.62. The number of carbonyl (C=O) groups is 1. The quantitative estimate of drug-likeness (QED) is 0.531. The fourth-order valence-electron chi connectivity index (χ4n) is 4.12. The summed E-state index contributed by atoms with van der Waals surface area (Å²) in [5.41, 5.74) is 3.86. The molecule has 0 fully saturated rings. The van der Waals surface area contributed by atoms with Crippen molar-refractivity contribution in [1.82, 2.24) is 9.97 Å². The monoisotopic (exact) mass is 465 g/mol. The summed E-state index contributed by atoms with van der Waals surface area (Å²) < 4.78 is 17.1. The summed E-state index contributed by atoms with van der Waals surface area (Å²) in [6.07, 6.45) is 5.54. The predicted molar refractivity (Wildman–Crippen MR) is 118 cm³/mol. The molecule has 0 saturated carbocycles. The summed E-state index contributed by atoms with van der Waals surface area (Å²) in [6, 6.07) is -0.782. The van der Waals surface area contributed by atoms with E-state index in [4.69, 9.17) is 10.1 Å². The normalized spacial score (nSPS) is 17.2. The largest absolute Gasteiger partial charge is 0.396 e. The summed E-state index contributed by atoms with van der Waals surface area (Å²) in [5.74, 6) is 0. The maximum Gasteiger partial charge on any atom is 0.354 e. The SMILES string of the molecule is CC(C)(O)c1nc(CCO)c(S(N)(=O)=NC(=O)Nc2c3c(nc4c2CCC4)CCC3)s1. The van der Waals surface area contributed by atoms with Crippen LogP contribution in [0.3, 0.4) is 0 Å². The van der Waals surface area contributed by atoms with Crippen LogP contribution >= 0.6 is 11.3 Å². The zero-order valence-corrected chi connectivity index (χ0v) is 19.2. The number of aliphatic hydroxyl groups excluding tert-OH is 1. The van der Waals surface area contributed by atoms with Crippen molar-refractivity contribution in [2.75, 3.05) is 11.9 Å². The molecule has 0 aromatic carbocycles. The van der Waals surface area contributed by atoms with E-state index in [1.807, 2.05) is 0 Å². The Balaban J connectivity index is 1.69. The van der Waals surface area contributed by atoms with Gasteiger partial charge >= 0.3 is 6.03 Å². The van der Waals surface area contributed by atoms with Crippen LogP contribution in [0.5, 0.6) is 0 Å². The molecule has 2 aliphatic carbocycles. The van der Waals surface area contributed by atoms with Crippen LogP contribution in [-0.4, -0.2) is 37.0 Å². The molecule has 0 bridgehead atoms. The summed E-state index contributed by atoms with van der Waals surface area (Å²) >= 11 is 0.945. The number of urea groups is 1. The van der Waals surface area contributed by atoms with Gasteiger partial charge in [-0.25, -0.2) is 19.1 Å². The van der Waals surface area contributed by atoms with Gasteiger partial charge in [-0.2, -0.15) is 0 Å². The van der Waals surface area contributed by atoms with E-state index in [0.29, 0.717) is 5.01 Å². The Hall–Kier alpha value is -1.92. The summed E-state index contributed by atoms with van der Waals surface area (Å²) in [6.45, 7) is 2.86. The number of nitrogens with zero attached hydrogens (tertiary/aromatic N) is 3. The molecule has 0 spiro atoms. The fourth-order valence-corrected chi connectivity index (χ4v) is 6.66. The van der Waals surface area contributed by atoms with Crippen molar-refractivity contribution >= 4 is 33.0 Å². The van der Waals surface area contributed by atoms with E-state index in [1.54, 1.807) is 13.8 Å². The predicted octanol–water partition coefficient (Wildman–Crippen LogP) is 2.21. The first-order valence-corrected chi connectivity index (χ1v) is 12.7. The molecule has 9 nitrogen and oxygen atoms in total. The second-order valence-electron chi connectivity index (χ2n) is 8.42. The number of amides is 2. The van der Waals surface area contributed by atoms with Crippen molar-refractivity contribution in [3.05, 3.63) is 33.2 Å². The van der Waals surface area contributed by atoms with Crippen LogP contribution < -0.4 is 10.5 Å². The fraction of sp³-hybridized carbons (Fsp3) is 0.550. The first-order chi connectivity index (χ1) is 14.6. The van der Waals surface area contributed by atoms with Crippen LogP contribution in [0.4, 0.5) is 10.5 Å². The van der Waals surface area contributed by atoms with E-state index in [0.717, 1.165) is 78.1 Å². The van der Waals surface area contributed by atoms with Gasteiger partial charge in [0.2, 0.25) is 0 Å². The van der Waals surface area contributed by atoms with Gasteiger partial charge in [0.1, 0.15) is 14.8 Å². The zero-order chi connectivity index (χ0) is 22.4. The van der Waals surface area contributed by atoms with Crippen LogP contribution in [0.25, 0.3) is 0 Å². The minimum Gasteiger partial charge on any atom is -0.396 e. The zero-order valence-electron chi connectivity index (χ0n) is 17.6. The number of rotatable bonds is 5. The number of carbonyl (C=O) groups excluding carboxylic acids is 1. The molecule has 2 aromatic heterocycles. The van der Waals surface area contributed by atoms with Gasteiger partial charge in [-0.15, -0.1) is 15.7 Å². The molecule has 5 N–H and O–H groups in total. The lowest BCUT2D eigenvalue weighted by molar-refractivity contribution is 0.0780. The molecular weight excluding hydrogens is 438 g/mol. The van der Waals surface area contributed by atoms with Crippen LogP contribution in [0.15, 0.2) is 8.57 Å². The van der Waals surface area contributed by atoms with Crippen molar-refractivity contribution in [3.63, 3.8) is 0 Å². The number of hydrogen-bond donors (Lipinski definition) is 4. The highest BCUT2D eigenvalue weighted by Gasteiger charge is 2.29. The Labute approximate surface area is 185 Å². The van der Waals surface area contributed by atoms with Crippen LogP contribution in [0.1, 0.15) is 59.9 Å². The second kappa shape index (κ2) is 8.21. The molecule has 2 aromatic rings. The third-order valence-corrected chi connectivity index (χ3v) is 8.88. The molecule has 1 unspecified atom stereocenters. The lowest BCUT2D eigenvalue weighted by Crippen LogP contribution is -2.19. The third-order valence-electron chi connectivity index (χ3n) is 5.50. The first kappa shape index (κ1) is 22.3. The smallest absolute Gasteiger partial charge is 0.354 e. The molecular formula is C20H27N5O4S2. The van der Waals surface area contributed by atoms with E-state index in [-0.39, 0.29) is 22.9 Å². The molecule has 168 valence electrons. The Bertz CT molecular complexity index is 1130. The van der Waals surface area contributed by atoms with Crippen molar-refractivity contribution in [1.29, 1.82) is 0 Å². The number of aromatic nitrogens is 2. The molecule has 1 atom stereocenters. The van der Waals surface area contributed by atoms with E-state index in [1.165, 1.54) is 0 Å². The lowest BCUT2D eigenvalue weighted by Gasteiger charge is -2.14. The summed E-state index contributed by atoms with van der Waals surface area (Å²) in [5, 5.41) is 28.7. The number of thiazole rings is 1. The molecule has 0 saturated heterocycles. The van der Waals surface area contributed by atoms with Gasteiger partial charge in [0, 0.05) is 24.4 Å². The lowest BCUT2D eigenvalue weighted by atomic mass is 10.1. The number of anilines is 1. The van der Waals surface area contributed by atoms with Crippen molar-refractivity contribution in [2.45, 2.75) is 68.6 Å². The van der Waals surface area contributed by atoms with Gasteiger partial charge in [-0.05, 0) is 63.5 Å². The molecule has 4 rings (SSSR count). The molecule has 2 heterocycles. The number of nitrogens with one attached hydrogen (secondary N) is 1. The number of hydrogen-bond acceptors (Lipinski definition) is 7. The molecule has 11 heteroatoms. The Morgan fingerprint density at radius 3 is 2.35 bits per heavy atom. The maximum atomic E-state index is 13.2. The average Bonchev–Trinajstić information content (AvgIpc) is 3.39. The minimum absolute atomic E-state index is 0.0958. The topological polar surface area (TPSA) is 151 Å². The van der Waals surface area contributed by atoms with E-state index in [9.17, 15) is 19.2 Å². The van der Waals surface area contributed by atoms with E-state index < -0.39 is 21.5 Å². The molecule has 31 heavy (non-hydrogen) atoms. The molecule has 0 aliphatic heterocycles. The van der Waals surface area contributed by atoms with Crippen LogP contribution in [0.2, 0.25) is 0 Å². The summed E-state index contributed by atoms with van der Waals surface area (Å²) in [4.78, 5) is 21.8. The number of nitrogens with two attached hydrogens (primary N) is 1. The standard InChI is InChI=1S/C20H27N5O4S2/c1-20(2,28)18-23-15(9-10-26)17(30-18)31(21,29)25-19(27)24-16-11-5-3-7-13(11)22-14-8-4-6-12(14)16/h26,28H,3-10H2,1-2H3,(H3,21,22,24,25,27,29). The first-order valence-electron chi connectivity index (χ1n) is 10.3. The number of aryl methyl sites for hydroxylation is 2. The van der Waals surface area contributed by atoms with E-state index in [2.05, 4.69) is 14.7 Å². The van der Waals surface area contributed by atoms with Crippen molar-refractivity contribution in [3.8, 4) is 0 Å². The van der Waals surface area contributed by atoms with Crippen LogP contribution in [-0.2, 0) is 47.6 Å². The van der Waals surface area contributed by atoms with Gasteiger partial charge < -0.3 is 15.5 Å². The number of pyridine rings is 1. The highest BCUT2D eigenvalue weighted by molar-refractivity contribution is 7.93. The van der Waals surface area contributed by atoms with E-state index >= 15 is 0 Å². The second-order valence-corrected chi connectivity index (χ2v) is 11.4. The van der Waals surface area contributed by atoms with Gasteiger partial charge in [0.05, 0.1) is 11.4 Å². The van der Waals surface area contributed by atoms with Gasteiger partial charge in [0.15, 0.2) is 9.92 Å². The summed E-state index contributed by atoms with van der Waals surface area (Å²) in [7, 11) is -3.62. The van der Waals surface area contributed by atoms with Crippen molar-refractivity contribution in [2.24, 2.45) is 9.50 Å². The maximum absolute atomic E-state index is 13.2. The van der Waals surface area contributed by atoms with Gasteiger partial charge in [-0.3, -0.25) is 4.98 Å².